The first-order valence-corrected chi connectivity index (χ1v) is 9.32. The lowest BCUT2D eigenvalue weighted by Gasteiger charge is -2.34. The predicted octanol–water partition coefficient (Wildman–Crippen LogP) is 2.62. The molecule has 1 fully saturated rings. The minimum atomic E-state index is -0.0733. The second-order valence-corrected chi connectivity index (χ2v) is 6.62. The van der Waals surface area contributed by atoms with Crippen molar-refractivity contribution < 1.29 is 4.79 Å². The van der Waals surface area contributed by atoms with Crippen LogP contribution in [-0.4, -0.2) is 54.6 Å². The second-order valence-electron chi connectivity index (χ2n) is 6.62. The topological polar surface area (TPSA) is 47.9 Å². The van der Waals surface area contributed by atoms with Gasteiger partial charge in [-0.05, 0) is 17.2 Å². The molecule has 0 spiro atoms. The van der Waals surface area contributed by atoms with E-state index in [4.69, 9.17) is 0 Å². The van der Waals surface area contributed by atoms with Crippen molar-refractivity contribution in [3.8, 4) is 0 Å². The van der Waals surface area contributed by atoms with Crippen LogP contribution in [0, 0.1) is 0 Å². The Morgan fingerprint density at radius 2 is 1.56 bits per heavy atom. The van der Waals surface area contributed by atoms with Crippen molar-refractivity contribution in [2.24, 2.45) is 5.10 Å². The van der Waals surface area contributed by atoms with Gasteiger partial charge >= 0.3 is 0 Å². The molecule has 5 heteroatoms. The standard InChI is InChI=1S/C22H26N4O/c27-22(24-23-13-7-12-20-8-3-1-4-9-20)19-26-16-14-25(15-17-26)18-21-10-5-2-6-11-21/h1-13H,14-19H2,(H,24,27)/b12-7+,23-13+. The van der Waals surface area contributed by atoms with Gasteiger partial charge in [-0.3, -0.25) is 14.6 Å². The average Bonchev–Trinajstić information content (AvgIpc) is 2.71. The molecule has 0 radical (unpaired) electrons. The fourth-order valence-corrected chi connectivity index (χ4v) is 3.06. The molecule has 0 aromatic heterocycles. The number of nitrogens with zero attached hydrogens (tertiary/aromatic N) is 3. The van der Waals surface area contributed by atoms with E-state index in [0.717, 1.165) is 38.3 Å². The van der Waals surface area contributed by atoms with E-state index in [0.29, 0.717) is 6.54 Å². The number of amides is 1. The molecule has 1 N–H and O–H groups in total. The Hall–Kier alpha value is -2.76. The summed E-state index contributed by atoms with van der Waals surface area (Å²) in [6, 6.07) is 20.5. The monoisotopic (exact) mass is 362 g/mol. The molecule has 0 unspecified atom stereocenters. The van der Waals surface area contributed by atoms with Crippen LogP contribution >= 0.6 is 0 Å². The van der Waals surface area contributed by atoms with Gasteiger partial charge in [0.05, 0.1) is 6.54 Å². The average molecular weight is 362 g/mol. The number of piperazine rings is 1. The zero-order valence-electron chi connectivity index (χ0n) is 15.5. The Morgan fingerprint density at radius 3 is 2.26 bits per heavy atom. The van der Waals surface area contributed by atoms with Crippen LogP contribution < -0.4 is 5.43 Å². The van der Waals surface area contributed by atoms with E-state index in [1.54, 1.807) is 6.21 Å². The summed E-state index contributed by atoms with van der Waals surface area (Å²) in [5.41, 5.74) is 5.03. The molecule has 0 atom stereocenters. The van der Waals surface area contributed by atoms with Gasteiger partial charge in [-0.15, -0.1) is 0 Å². The lowest BCUT2D eigenvalue weighted by atomic mass is 10.2. The van der Waals surface area contributed by atoms with E-state index in [-0.39, 0.29) is 5.91 Å². The maximum atomic E-state index is 12.0. The molecule has 1 saturated heterocycles. The quantitative estimate of drug-likeness (QED) is 0.608. The number of carbonyl (C=O) groups excluding carboxylic acids is 1. The van der Waals surface area contributed by atoms with Crippen molar-refractivity contribution in [1.82, 2.24) is 15.2 Å². The molecule has 140 valence electrons. The van der Waals surface area contributed by atoms with Crippen molar-refractivity contribution in [2.75, 3.05) is 32.7 Å². The van der Waals surface area contributed by atoms with Crippen LogP contribution in [0.3, 0.4) is 0 Å². The van der Waals surface area contributed by atoms with Gasteiger partial charge in [-0.1, -0.05) is 66.7 Å². The summed E-state index contributed by atoms with van der Waals surface area (Å²) in [6.07, 6.45) is 5.36. The van der Waals surface area contributed by atoms with E-state index >= 15 is 0 Å². The fraction of sp³-hybridized carbons (Fsp3) is 0.273. The number of benzene rings is 2. The summed E-state index contributed by atoms with van der Waals surface area (Å²) < 4.78 is 0. The zero-order valence-corrected chi connectivity index (χ0v) is 15.5. The highest BCUT2D eigenvalue weighted by molar-refractivity contribution is 5.82. The highest BCUT2D eigenvalue weighted by Gasteiger charge is 2.18. The van der Waals surface area contributed by atoms with E-state index < -0.39 is 0 Å². The third-order valence-electron chi connectivity index (χ3n) is 4.52. The molecule has 0 saturated carbocycles. The number of carbonyl (C=O) groups is 1. The van der Waals surface area contributed by atoms with Gasteiger partial charge in [-0.2, -0.15) is 5.10 Å². The molecule has 5 nitrogen and oxygen atoms in total. The third kappa shape index (κ3) is 6.81. The SMILES string of the molecule is O=C(CN1CCN(Cc2ccccc2)CC1)N/N=C/C=C/c1ccccc1. The summed E-state index contributed by atoms with van der Waals surface area (Å²) in [5, 5.41) is 3.97. The number of rotatable bonds is 7. The van der Waals surface area contributed by atoms with Gasteiger partial charge in [0.1, 0.15) is 0 Å². The number of nitrogens with one attached hydrogen (secondary N) is 1. The van der Waals surface area contributed by atoms with Gasteiger partial charge in [0, 0.05) is 38.9 Å². The van der Waals surface area contributed by atoms with Crippen LogP contribution in [0.2, 0.25) is 0 Å². The molecule has 3 rings (SSSR count). The minimum Gasteiger partial charge on any atom is -0.297 e. The normalized spacial score (nSPS) is 16.1. The van der Waals surface area contributed by atoms with Crippen molar-refractivity contribution in [2.45, 2.75) is 6.54 Å². The Balaban J connectivity index is 1.33. The lowest BCUT2D eigenvalue weighted by Crippen LogP contribution is -2.48. The van der Waals surface area contributed by atoms with Crippen LogP contribution in [0.4, 0.5) is 0 Å². The van der Waals surface area contributed by atoms with E-state index in [1.807, 2.05) is 48.6 Å². The summed E-state index contributed by atoms with van der Waals surface area (Å²) in [5.74, 6) is -0.0733. The van der Waals surface area contributed by atoms with Crippen LogP contribution in [0.25, 0.3) is 6.08 Å². The largest absolute Gasteiger partial charge is 0.297 e. The minimum absolute atomic E-state index is 0.0733. The van der Waals surface area contributed by atoms with E-state index in [1.165, 1.54) is 5.56 Å². The Bertz CT molecular complexity index is 750. The molecule has 1 heterocycles. The summed E-state index contributed by atoms with van der Waals surface area (Å²) in [7, 11) is 0. The summed E-state index contributed by atoms with van der Waals surface area (Å²) >= 11 is 0. The highest BCUT2D eigenvalue weighted by atomic mass is 16.2. The number of hydrazone groups is 1. The fourth-order valence-electron chi connectivity index (χ4n) is 3.06. The van der Waals surface area contributed by atoms with Crippen molar-refractivity contribution in [1.29, 1.82) is 0 Å². The smallest absolute Gasteiger partial charge is 0.254 e. The molecule has 2 aromatic rings. The third-order valence-corrected chi connectivity index (χ3v) is 4.52. The molecule has 2 aromatic carbocycles. The first-order valence-electron chi connectivity index (χ1n) is 9.32. The van der Waals surface area contributed by atoms with E-state index in [9.17, 15) is 4.79 Å². The van der Waals surface area contributed by atoms with Crippen molar-refractivity contribution in [3.05, 3.63) is 77.9 Å². The number of hydrogen-bond donors (Lipinski definition) is 1. The van der Waals surface area contributed by atoms with Gasteiger partial charge in [0.25, 0.3) is 5.91 Å². The van der Waals surface area contributed by atoms with Gasteiger partial charge < -0.3 is 0 Å². The van der Waals surface area contributed by atoms with Gasteiger partial charge in [-0.25, -0.2) is 5.43 Å². The summed E-state index contributed by atoms with van der Waals surface area (Å²) in [6.45, 7) is 5.12. The van der Waals surface area contributed by atoms with Crippen LogP contribution in [0.5, 0.6) is 0 Å². The Morgan fingerprint density at radius 1 is 0.926 bits per heavy atom. The summed E-state index contributed by atoms with van der Waals surface area (Å²) in [4.78, 5) is 16.6. The maximum Gasteiger partial charge on any atom is 0.254 e. The maximum absolute atomic E-state index is 12.0. The molecular weight excluding hydrogens is 336 g/mol. The molecule has 27 heavy (non-hydrogen) atoms. The van der Waals surface area contributed by atoms with Crippen molar-refractivity contribution in [3.63, 3.8) is 0 Å². The Labute approximate surface area is 161 Å². The zero-order chi connectivity index (χ0) is 18.7. The Kier molecular flexibility index (Phi) is 7.33. The lowest BCUT2D eigenvalue weighted by molar-refractivity contribution is -0.122. The van der Waals surface area contributed by atoms with Gasteiger partial charge in [0.2, 0.25) is 0 Å². The molecule has 0 aliphatic carbocycles. The number of hydrogen-bond acceptors (Lipinski definition) is 4. The number of allylic oxidation sites excluding steroid dienone is 1. The molecule has 1 aliphatic rings. The first-order chi connectivity index (χ1) is 13.3. The van der Waals surface area contributed by atoms with Gasteiger partial charge in [0.15, 0.2) is 0 Å². The molecule has 1 amide bonds. The highest BCUT2D eigenvalue weighted by Crippen LogP contribution is 2.08. The van der Waals surface area contributed by atoms with E-state index in [2.05, 4.69) is 44.6 Å². The van der Waals surface area contributed by atoms with Crippen LogP contribution in [0.15, 0.2) is 71.8 Å². The second kappa shape index (κ2) is 10.4. The molecule has 0 bridgehead atoms. The molecular formula is C22H26N4O. The predicted molar refractivity (Wildman–Crippen MR) is 110 cm³/mol. The molecule has 1 aliphatic heterocycles. The van der Waals surface area contributed by atoms with Crippen LogP contribution in [0.1, 0.15) is 11.1 Å². The van der Waals surface area contributed by atoms with Crippen molar-refractivity contribution >= 4 is 18.2 Å². The van der Waals surface area contributed by atoms with Crippen LogP contribution in [-0.2, 0) is 11.3 Å². The first kappa shape index (κ1) is 19.0.